The molecule has 0 bridgehead atoms. The zero-order valence-corrected chi connectivity index (χ0v) is 11.7. The SMILES string of the molecule is NCc1c(Br)cccc1OCC1CCCCC1. The molecule has 1 aliphatic carbocycles. The van der Waals surface area contributed by atoms with Gasteiger partial charge in [-0.3, -0.25) is 0 Å². The Hall–Kier alpha value is -0.540. The summed E-state index contributed by atoms with van der Waals surface area (Å²) in [6.45, 7) is 1.35. The minimum atomic E-state index is 0.515. The number of benzene rings is 1. The van der Waals surface area contributed by atoms with E-state index < -0.39 is 0 Å². The first-order valence-electron chi connectivity index (χ1n) is 6.41. The molecule has 3 heteroatoms. The Morgan fingerprint density at radius 2 is 2.00 bits per heavy atom. The maximum Gasteiger partial charge on any atom is 0.124 e. The Morgan fingerprint density at radius 1 is 1.24 bits per heavy atom. The van der Waals surface area contributed by atoms with Crippen LogP contribution in [0.1, 0.15) is 37.7 Å². The fourth-order valence-corrected chi connectivity index (χ4v) is 2.94. The van der Waals surface area contributed by atoms with Crippen LogP contribution < -0.4 is 10.5 Å². The van der Waals surface area contributed by atoms with Crippen molar-refractivity contribution in [2.75, 3.05) is 6.61 Å². The minimum Gasteiger partial charge on any atom is -0.493 e. The zero-order chi connectivity index (χ0) is 12.1. The van der Waals surface area contributed by atoms with Gasteiger partial charge in [0.1, 0.15) is 5.75 Å². The fourth-order valence-electron chi connectivity index (χ4n) is 2.43. The topological polar surface area (TPSA) is 35.2 Å². The van der Waals surface area contributed by atoms with Crippen molar-refractivity contribution >= 4 is 15.9 Å². The molecule has 17 heavy (non-hydrogen) atoms. The monoisotopic (exact) mass is 297 g/mol. The molecule has 0 spiro atoms. The molecule has 0 atom stereocenters. The molecule has 0 heterocycles. The molecule has 0 aliphatic heterocycles. The van der Waals surface area contributed by atoms with E-state index in [1.165, 1.54) is 32.1 Å². The van der Waals surface area contributed by atoms with Gasteiger partial charge in [-0.15, -0.1) is 0 Å². The summed E-state index contributed by atoms with van der Waals surface area (Å²) in [4.78, 5) is 0. The molecule has 1 aromatic carbocycles. The maximum absolute atomic E-state index is 5.94. The van der Waals surface area contributed by atoms with Crippen LogP contribution in [0, 0.1) is 5.92 Å². The van der Waals surface area contributed by atoms with Gasteiger partial charge in [0.2, 0.25) is 0 Å². The van der Waals surface area contributed by atoms with Crippen molar-refractivity contribution in [3.05, 3.63) is 28.2 Å². The number of ether oxygens (including phenoxy) is 1. The lowest BCUT2D eigenvalue weighted by atomic mass is 9.90. The van der Waals surface area contributed by atoms with Gasteiger partial charge in [0.25, 0.3) is 0 Å². The van der Waals surface area contributed by atoms with Crippen molar-refractivity contribution < 1.29 is 4.74 Å². The first-order valence-corrected chi connectivity index (χ1v) is 7.21. The third kappa shape index (κ3) is 3.46. The molecule has 1 saturated carbocycles. The summed E-state index contributed by atoms with van der Waals surface area (Å²) in [6.07, 6.45) is 6.73. The van der Waals surface area contributed by atoms with Gasteiger partial charge in [0.15, 0.2) is 0 Å². The Bertz CT molecular complexity index is 361. The van der Waals surface area contributed by atoms with Crippen LogP contribution in [0.2, 0.25) is 0 Å². The highest BCUT2D eigenvalue weighted by molar-refractivity contribution is 9.10. The van der Waals surface area contributed by atoms with E-state index in [-0.39, 0.29) is 0 Å². The summed E-state index contributed by atoms with van der Waals surface area (Å²) in [5, 5.41) is 0. The Labute approximate surface area is 112 Å². The zero-order valence-electron chi connectivity index (χ0n) is 10.1. The van der Waals surface area contributed by atoms with E-state index in [1.807, 2.05) is 18.2 Å². The van der Waals surface area contributed by atoms with Crippen LogP contribution in [-0.4, -0.2) is 6.61 Å². The molecular weight excluding hydrogens is 278 g/mol. The second kappa shape index (κ2) is 6.41. The molecule has 2 rings (SSSR count). The third-order valence-corrected chi connectivity index (χ3v) is 4.22. The third-order valence-electron chi connectivity index (χ3n) is 3.48. The highest BCUT2D eigenvalue weighted by atomic mass is 79.9. The largest absolute Gasteiger partial charge is 0.493 e. The van der Waals surface area contributed by atoms with Gasteiger partial charge in [0, 0.05) is 16.6 Å². The molecule has 2 nitrogen and oxygen atoms in total. The van der Waals surface area contributed by atoms with Crippen molar-refractivity contribution in [2.45, 2.75) is 38.6 Å². The van der Waals surface area contributed by atoms with Gasteiger partial charge in [0.05, 0.1) is 6.61 Å². The Kier molecular flexibility index (Phi) is 4.86. The van der Waals surface area contributed by atoms with E-state index in [2.05, 4.69) is 15.9 Å². The molecule has 1 fully saturated rings. The molecule has 0 aromatic heterocycles. The van der Waals surface area contributed by atoms with Crippen molar-refractivity contribution in [3.8, 4) is 5.75 Å². The van der Waals surface area contributed by atoms with Gasteiger partial charge < -0.3 is 10.5 Å². The molecule has 0 unspecified atom stereocenters. The Morgan fingerprint density at radius 3 is 2.71 bits per heavy atom. The van der Waals surface area contributed by atoms with E-state index >= 15 is 0 Å². The van der Waals surface area contributed by atoms with Crippen LogP contribution in [-0.2, 0) is 6.54 Å². The summed E-state index contributed by atoms with van der Waals surface area (Å²) in [5.74, 6) is 1.67. The first-order chi connectivity index (χ1) is 8.31. The second-order valence-corrected chi connectivity index (χ2v) is 5.59. The van der Waals surface area contributed by atoms with Gasteiger partial charge in [-0.25, -0.2) is 0 Å². The summed E-state index contributed by atoms with van der Waals surface area (Å²) in [5.41, 5.74) is 6.82. The van der Waals surface area contributed by atoms with Crippen molar-refractivity contribution in [1.82, 2.24) is 0 Å². The predicted molar refractivity (Wildman–Crippen MR) is 74.1 cm³/mol. The highest BCUT2D eigenvalue weighted by Crippen LogP contribution is 2.29. The summed E-state index contributed by atoms with van der Waals surface area (Å²) in [7, 11) is 0. The number of halogens is 1. The smallest absolute Gasteiger partial charge is 0.124 e. The quantitative estimate of drug-likeness (QED) is 0.916. The molecule has 0 amide bonds. The van der Waals surface area contributed by atoms with Gasteiger partial charge in [-0.2, -0.15) is 0 Å². The van der Waals surface area contributed by atoms with Crippen LogP contribution in [0.5, 0.6) is 5.75 Å². The maximum atomic E-state index is 5.94. The molecule has 0 radical (unpaired) electrons. The van der Waals surface area contributed by atoms with Crippen LogP contribution >= 0.6 is 15.9 Å². The summed E-state index contributed by atoms with van der Waals surface area (Å²) in [6, 6.07) is 6.02. The lowest BCUT2D eigenvalue weighted by Gasteiger charge is -2.22. The lowest BCUT2D eigenvalue weighted by molar-refractivity contribution is 0.207. The number of nitrogens with two attached hydrogens (primary N) is 1. The summed E-state index contributed by atoms with van der Waals surface area (Å²) < 4.78 is 6.98. The molecular formula is C14H20BrNO. The second-order valence-electron chi connectivity index (χ2n) is 4.74. The summed E-state index contributed by atoms with van der Waals surface area (Å²) >= 11 is 3.51. The molecule has 94 valence electrons. The van der Waals surface area contributed by atoms with Crippen molar-refractivity contribution in [2.24, 2.45) is 11.7 Å². The van der Waals surface area contributed by atoms with Crippen LogP contribution in [0.15, 0.2) is 22.7 Å². The first kappa shape index (κ1) is 12.9. The average molecular weight is 298 g/mol. The minimum absolute atomic E-state index is 0.515. The van der Waals surface area contributed by atoms with Gasteiger partial charge >= 0.3 is 0 Å². The normalized spacial score (nSPS) is 17.1. The average Bonchev–Trinajstić information content (AvgIpc) is 2.37. The van der Waals surface area contributed by atoms with Gasteiger partial charge in [-0.1, -0.05) is 41.3 Å². The van der Waals surface area contributed by atoms with Crippen LogP contribution in [0.3, 0.4) is 0 Å². The predicted octanol–water partition coefficient (Wildman–Crippen LogP) is 3.87. The van der Waals surface area contributed by atoms with Crippen molar-refractivity contribution in [3.63, 3.8) is 0 Å². The van der Waals surface area contributed by atoms with E-state index in [4.69, 9.17) is 10.5 Å². The molecule has 1 aliphatic rings. The van der Waals surface area contributed by atoms with E-state index in [0.717, 1.165) is 28.3 Å². The fraction of sp³-hybridized carbons (Fsp3) is 0.571. The number of rotatable bonds is 4. The standard InChI is InChI=1S/C14H20BrNO/c15-13-7-4-8-14(12(13)9-16)17-10-11-5-2-1-3-6-11/h4,7-8,11H,1-3,5-6,9-10,16H2. The lowest BCUT2D eigenvalue weighted by Crippen LogP contribution is -2.16. The molecule has 1 aromatic rings. The van der Waals surface area contributed by atoms with E-state index in [1.54, 1.807) is 0 Å². The van der Waals surface area contributed by atoms with Gasteiger partial charge in [-0.05, 0) is 30.9 Å². The van der Waals surface area contributed by atoms with E-state index in [9.17, 15) is 0 Å². The highest BCUT2D eigenvalue weighted by Gasteiger charge is 2.15. The van der Waals surface area contributed by atoms with E-state index in [0.29, 0.717) is 6.54 Å². The van der Waals surface area contributed by atoms with Crippen LogP contribution in [0.4, 0.5) is 0 Å². The van der Waals surface area contributed by atoms with Crippen molar-refractivity contribution in [1.29, 1.82) is 0 Å². The number of hydrogen-bond acceptors (Lipinski definition) is 2. The van der Waals surface area contributed by atoms with Crippen LogP contribution in [0.25, 0.3) is 0 Å². The Balaban J connectivity index is 1.95. The molecule has 2 N–H and O–H groups in total. The number of hydrogen-bond donors (Lipinski definition) is 1. The molecule has 0 saturated heterocycles.